The third kappa shape index (κ3) is 3.74. The number of aliphatic hydroxyl groups is 4. The molecular formula is C18H26O9. The summed E-state index contributed by atoms with van der Waals surface area (Å²) in [6.45, 7) is 5.55. The minimum atomic E-state index is -1.65. The lowest BCUT2D eigenvalue weighted by Crippen LogP contribution is -2.60. The van der Waals surface area contributed by atoms with Gasteiger partial charge in [-0.25, -0.2) is 0 Å². The molecule has 0 radical (unpaired) electrons. The minimum absolute atomic E-state index is 0.0466. The molecule has 5 atom stereocenters. The van der Waals surface area contributed by atoms with Gasteiger partial charge >= 0.3 is 0 Å². The van der Waals surface area contributed by atoms with Gasteiger partial charge in [0.15, 0.2) is 5.78 Å². The third-order valence-electron chi connectivity index (χ3n) is 4.72. The second-order valence-corrected chi connectivity index (χ2v) is 6.99. The monoisotopic (exact) mass is 386 g/mol. The number of hydrogen-bond donors (Lipinski definition) is 6. The summed E-state index contributed by atoms with van der Waals surface area (Å²) in [5.74, 6) is -1.88. The SMILES string of the molecule is Cc1c(O)c(C(=O)C(C)C)c(O)c(C)c1O[C@@H]1O[C@H](CO)[C@@H](O)[C@H](O)[C@H]1O. The number of rotatable bonds is 5. The van der Waals surface area contributed by atoms with Crippen molar-refractivity contribution in [1.29, 1.82) is 0 Å². The van der Waals surface area contributed by atoms with Crippen molar-refractivity contribution in [2.75, 3.05) is 6.61 Å². The molecule has 152 valence electrons. The van der Waals surface area contributed by atoms with Crippen LogP contribution in [-0.4, -0.2) is 73.7 Å². The van der Waals surface area contributed by atoms with Crippen molar-refractivity contribution in [2.24, 2.45) is 5.92 Å². The van der Waals surface area contributed by atoms with Crippen molar-refractivity contribution in [1.82, 2.24) is 0 Å². The van der Waals surface area contributed by atoms with E-state index < -0.39 is 60.5 Å². The molecule has 1 aliphatic rings. The summed E-state index contributed by atoms with van der Waals surface area (Å²) >= 11 is 0. The zero-order chi connectivity index (χ0) is 20.6. The molecule has 9 nitrogen and oxygen atoms in total. The second kappa shape index (κ2) is 7.99. The van der Waals surface area contributed by atoms with Crippen LogP contribution < -0.4 is 4.74 Å². The normalized spacial score (nSPS) is 28.4. The van der Waals surface area contributed by atoms with Gasteiger partial charge in [0.05, 0.1) is 6.61 Å². The van der Waals surface area contributed by atoms with E-state index in [1.165, 1.54) is 13.8 Å². The third-order valence-corrected chi connectivity index (χ3v) is 4.72. The van der Waals surface area contributed by atoms with Crippen LogP contribution in [0.5, 0.6) is 17.2 Å². The quantitative estimate of drug-likeness (QED) is 0.375. The van der Waals surface area contributed by atoms with Crippen molar-refractivity contribution in [2.45, 2.75) is 58.4 Å². The number of aliphatic hydroxyl groups excluding tert-OH is 4. The van der Waals surface area contributed by atoms with Crippen LogP contribution in [0.25, 0.3) is 0 Å². The molecular weight excluding hydrogens is 360 g/mol. The topological polar surface area (TPSA) is 157 Å². The summed E-state index contributed by atoms with van der Waals surface area (Å²) in [4.78, 5) is 12.3. The van der Waals surface area contributed by atoms with Crippen molar-refractivity contribution in [3.63, 3.8) is 0 Å². The number of phenols is 2. The molecule has 27 heavy (non-hydrogen) atoms. The Kier molecular flexibility index (Phi) is 6.33. The number of aromatic hydroxyl groups is 2. The molecule has 1 heterocycles. The van der Waals surface area contributed by atoms with Gasteiger partial charge in [-0.3, -0.25) is 4.79 Å². The van der Waals surface area contributed by atoms with Gasteiger partial charge in [-0.15, -0.1) is 0 Å². The lowest BCUT2D eigenvalue weighted by molar-refractivity contribution is -0.277. The lowest BCUT2D eigenvalue weighted by Gasteiger charge is -2.40. The van der Waals surface area contributed by atoms with Crippen LogP contribution in [0.2, 0.25) is 0 Å². The Morgan fingerprint density at radius 1 is 1.04 bits per heavy atom. The highest BCUT2D eigenvalue weighted by Crippen LogP contribution is 2.43. The zero-order valence-electron chi connectivity index (χ0n) is 15.6. The first kappa shape index (κ1) is 21.4. The van der Waals surface area contributed by atoms with Crippen LogP contribution in [0.1, 0.15) is 35.3 Å². The average molecular weight is 386 g/mol. The Balaban J connectivity index is 2.44. The molecule has 1 fully saturated rings. The van der Waals surface area contributed by atoms with Crippen LogP contribution in [0.3, 0.4) is 0 Å². The first-order valence-electron chi connectivity index (χ1n) is 8.59. The fourth-order valence-electron chi connectivity index (χ4n) is 2.96. The minimum Gasteiger partial charge on any atom is -0.507 e. The van der Waals surface area contributed by atoms with Gasteiger partial charge in [-0.1, -0.05) is 13.8 Å². The van der Waals surface area contributed by atoms with E-state index >= 15 is 0 Å². The van der Waals surface area contributed by atoms with Gasteiger partial charge in [-0.2, -0.15) is 0 Å². The summed E-state index contributed by atoms with van der Waals surface area (Å²) < 4.78 is 10.8. The Bertz CT molecular complexity index is 684. The highest BCUT2D eigenvalue weighted by Gasteiger charge is 2.45. The Morgan fingerprint density at radius 2 is 1.56 bits per heavy atom. The predicted octanol–water partition coefficient (Wildman–Crippen LogP) is -0.268. The van der Waals surface area contributed by atoms with Crippen molar-refractivity contribution >= 4 is 5.78 Å². The maximum Gasteiger partial charge on any atom is 0.229 e. The summed E-state index contributed by atoms with van der Waals surface area (Å²) in [6, 6.07) is 0. The number of benzene rings is 1. The summed E-state index contributed by atoms with van der Waals surface area (Å²) in [6.07, 6.45) is -7.48. The number of Topliss-reactive ketones (excluding diaryl/α,β-unsaturated/α-hetero) is 1. The standard InChI is InChI=1S/C18H26O9/c1-6(2)11(20)10-12(21)7(3)17(8(4)13(10)22)27-18-16(25)15(24)14(23)9(5-19)26-18/h6,9,14-16,18-19,21-25H,5H2,1-4H3/t9-,14-,15+,16-,18+/m1/s1. The predicted molar refractivity (Wildman–Crippen MR) is 92.8 cm³/mol. The van der Waals surface area contributed by atoms with Crippen LogP contribution in [0.15, 0.2) is 0 Å². The molecule has 1 aromatic rings. The van der Waals surface area contributed by atoms with Gasteiger partial charge in [0.25, 0.3) is 0 Å². The molecule has 1 saturated heterocycles. The van der Waals surface area contributed by atoms with Crippen LogP contribution in [0.4, 0.5) is 0 Å². The highest BCUT2D eigenvalue weighted by molar-refractivity contribution is 6.03. The number of ketones is 1. The number of ether oxygens (including phenoxy) is 2. The smallest absolute Gasteiger partial charge is 0.229 e. The molecule has 1 aliphatic heterocycles. The molecule has 2 rings (SSSR count). The van der Waals surface area contributed by atoms with E-state index in [0.29, 0.717) is 0 Å². The van der Waals surface area contributed by atoms with E-state index in [0.717, 1.165) is 0 Å². The molecule has 6 N–H and O–H groups in total. The lowest BCUT2D eigenvalue weighted by atomic mass is 9.94. The largest absolute Gasteiger partial charge is 0.507 e. The summed E-state index contributed by atoms with van der Waals surface area (Å²) in [5.41, 5.74) is 0.0404. The first-order valence-corrected chi connectivity index (χ1v) is 8.59. The van der Waals surface area contributed by atoms with Gasteiger partial charge < -0.3 is 40.1 Å². The molecule has 0 saturated carbocycles. The Hall–Kier alpha value is -1.91. The maximum atomic E-state index is 12.3. The summed E-state index contributed by atoms with van der Waals surface area (Å²) in [7, 11) is 0. The van der Waals surface area contributed by atoms with E-state index in [-0.39, 0.29) is 22.4 Å². The number of hydrogen-bond acceptors (Lipinski definition) is 9. The Labute approximate surface area is 156 Å². The average Bonchev–Trinajstić information content (AvgIpc) is 2.63. The Morgan fingerprint density at radius 3 is 2.00 bits per heavy atom. The molecule has 0 amide bonds. The van der Waals surface area contributed by atoms with Crippen LogP contribution in [0, 0.1) is 19.8 Å². The number of phenolic OH excluding ortho intramolecular Hbond substituents is 2. The van der Waals surface area contributed by atoms with E-state index in [2.05, 4.69) is 0 Å². The van der Waals surface area contributed by atoms with E-state index in [1.54, 1.807) is 13.8 Å². The van der Waals surface area contributed by atoms with E-state index in [4.69, 9.17) is 9.47 Å². The first-order chi connectivity index (χ1) is 12.5. The van der Waals surface area contributed by atoms with Crippen molar-refractivity contribution in [3.05, 3.63) is 16.7 Å². The van der Waals surface area contributed by atoms with Gasteiger partial charge in [0.2, 0.25) is 6.29 Å². The second-order valence-electron chi connectivity index (χ2n) is 6.99. The van der Waals surface area contributed by atoms with Crippen LogP contribution in [-0.2, 0) is 4.74 Å². The summed E-state index contributed by atoms with van der Waals surface area (Å²) in [5, 5.41) is 59.8. The molecule has 0 bridgehead atoms. The fraction of sp³-hybridized carbons (Fsp3) is 0.611. The molecule has 0 spiro atoms. The number of carbonyl (C=O) groups excluding carboxylic acids is 1. The van der Waals surface area contributed by atoms with E-state index in [1.807, 2.05) is 0 Å². The van der Waals surface area contributed by atoms with Gasteiger partial charge in [-0.05, 0) is 13.8 Å². The van der Waals surface area contributed by atoms with Gasteiger partial charge in [0, 0.05) is 17.0 Å². The van der Waals surface area contributed by atoms with Gasteiger partial charge in [0.1, 0.15) is 47.2 Å². The molecule has 0 aliphatic carbocycles. The molecule has 1 aromatic carbocycles. The zero-order valence-corrected chi connectivity index (χ0v) is 15.6. The van der Waals surface area contributed by atoms with Crippen molar-refractivity contribution < 1.29 is 44.9 Å². The molecule has 0 unspecified atom stereocenters. The maximum absolute atomic E-state index is 12.3. The van der Waals surface area contributed by atoms with E-state index in [9.17, 15) is 35.4 Å². The van der Waals surface area contributed by atoms with Crippen molar-refractivity contribution in [3.8, 4) is 17.2 Å². The fourth-order valence-corrected chi connectivity index (χ4v) is 2.96. The van der Waals surface area contributed by atoms with Crippen LogP contribution >= 0.6 is 0 Å². The number of carbonyl (C=O) groups is 1. The molecule has 0 aromatic heterocycles. The molecule has 9 heteroatoms. The highest BCUT2D eigenvalue weighted by atomic mass is 16.7.